The van der Waals surface area contributed by atoms with Crippen LogP contribution in [0.2, 0.25) is 0 Å². The predicted molar refractivity (Wildman–Crippen MR) is 58.9 cm³/mol. The summed E-state index contributed by atoms with van der Waals surface area (Å²) in [5, 5.41) is 2.35. The number of hydrogen-bond acceptors (Lipinski definition) is 3. The molecule has 0 saturated carbocycles. The van der Waals surface area contributed by atoms with Crippen LogP contribution < -0.4 is 16.0 Å². The van der Waals surface area contributed by atoms with Gasteiger partial charge in [-0.05, 0) is 34.9 Å². The molecule has 17 heavy (non-hydrogen) atoms. The maximum Gasteiger partial charge on any atom is 0.441 e. The number of H-pyrrole nitrogens is 1. The summed E-state index contributed by atoms with van der Waals surface area (Å²) < 4.78 is 5.80. The molecule has 0 spiro atoms. The van der Waals surface area contributed by atoms with Crippen molar-refractivity contribution in [3.63, 3.8) is 0 Å². The van der Waals surface area contributed by atoms with Crippen LogP contribution >= 0.6 is 0 Å². The molecular formula is C11H12N3O3+. The molecule has 2 rings (SSSR count). The van der Waals surface area contributed by atoms with E-state index in [0.29, 0.717) is 5.69 Å². The largest absolute Gasteiger partial charge is 0.441 e. The zero-order valence-electron chi connectivity index (χ0n) is 9.48. The lowest BCUT2D eigenvalue weighted by molar-refractivity contribution is -0.672. The van der Waals surface area contributed by atoms with Crippen molar-refractivity contribution in [1.29, 1.82) is 0 Å². The van der Waals surface area contributed by atoms with Crippen molar-refractivity contribution in [3.8, 4) is 5.69 Å². The first-order valence-corrected chi connectivity index (χ1v) is 5.01. The molecule has 1 amide bonds. The molecule has 1 heterocycles. The van der Waals surface area contributed by atoms with Gasteiger partial charge >= 0.3 is 17.2 Å². The fourth-order valence-corrected chi connectivity index (χ4v) is 1.53. The minimum Gasteiger partial charge on any atom is -0.360 e. The van der Waals surface area contributed by atoms with Gasteiger partial charge in [-0.2, -0.15) is 0 Å². The van der Waals surface area contributed by atoms with Crippen molar-refractivity contribution in [2.75, 3.05) is 0 Å². The van der Waals surface area contributed by atoms with Gasteiger partial charge < -0.3 is 5.73 Å². The Labute approximate surface area is 96.6 Å². The van der Waals surface area contributed by atoms with Gasteiger partial charge in [-0.3, -0.25) is 9.32 Å². The minimum atomic E-state index is -0.835. The Balaban J connectivity index is 2.65. The van der Waals surface area contributed by atoms with E-state index in [1.807, 2.05) is 26.0 Å². The van der Waals surface area contributed by atoms with Gasteiger partial charge in [0.1, 0.15) is 0 Å². The van der Waals surface area contributed by atoms with Crippen LogP contribution in [0.4, 0.5) is 0 Å². The Morgan fingerprint density at radius 1 is 1.35 bits per heavy atom. The van der Waals surface area contributed by atoms with Gasteiger partial charge in [-0.25, -0.2) is 4.79 Å². The number of hydrogen-bond donors (Lipinski definition) is 2. The van der Waals surface area contributed by atoms with E-state index in [9.17, 15) is 9.59 Å². The Hall–Kier alpha value is -2.37. The number of rotatable bonds is 2. The number of nitrogens with two attached hydrogens (primary N) is 1. The maximum absolute atomic E-state index is 11.3. The lowest BCUT2D eigenvalue weighted by Gasteiger charge is -1.98. The summed E-state index contributed by atoms with van der Waals surface area (Å²) in [6.07, 6.45) is 0. The Bertz CT molecular complexity index is 640. The van der Waals surface area contributed by atoms with Crippen molar-refractivity contribution >= 4 is 5.91 Å². The summed E-state index contributed by atoms with van der Waals surface area (Å²) in [6.45, 7) is 3.90. The molecule has 88 valence electrons. The van der Waals surface area contributed by atoms with Crippen LogP contribution in [0.1, 0.15) is 21.6 Å². The standard InChI is InChI=1S/C11H11N3O3/c1-6-3-4-8(5-7(6)2)14-9(10(12)15)11(16)17-13-14/h3-5H,1-2H3,(H2-,12,13,15,16)/p+1. The first-order valence-electron chi connectivity index (χ1n) is 5.01. The number of benzene rings is 1. The Morgan fingerprint density at radius 2 is 2.06 bits per heavy atom. The van der Waals surface area contributed by atoms with E-state index in [4.69, 9.17) is 5.73 Å². The van der Waals surface area contributed by atoms with E-state index in [2.05, 4.69) is 9.79 Å². The second-order valence-electron chi connectivity index (χ2n) is 3.80. The number of primary amides is 1. The normalized spacial score (nSPS) is 10.5. The van der Waals surface area contributed by atoms with E-state index >= 15 is 0 Å². The average Bonchev–Trinajstić information content (AvgIpc) is 2.64. The number of carbonyl (C=O) groups is 1. The van der Waals surface area contributed by atoms with Crippen LogP contribution in [-0.4, -0.2) is 11.2 Å². The molecule has 0 radical (unpaired) electrons. The Morgan fingerprint density at radius 3 is 2.65 bits per heavy atom. The number of aryl methyl sites for hydroxylation is 2. The summed E-state index contributed by atoms with van der Waals surface area (Å²) >= 11 is 0. The number of nitrogens with one attached hydrogen (secondary N) is 1. The smallest absolute Gasteiger partial charge is 0.360 e. The molecule has 1 aromatic heterocycles. The molecule has 2 aromatic rings. The van der Waals surface area contributed by atoms with E-state index in [1.54, 1.807) is 6.07 Å². The van der Waals surface area contributed by atoms with Crippen molar-refractivity contribution in [3.05, 3.63) is 45.4 Å². The third kappa shape index (κ3) is 1.84. The van der Waals surface area contributed by atoms with Gasteiger partial charge in [0.05, 0.1) is 0 Å². The van der Waals surface area contributed by atoms with Crippen molar-refractivity contribution in [2.24, 2.45) is 5.73 Å². The van der Waals surface area contributed by atoms with E-state index in [1.165, 1.54) is 4.68 Å². The maximum atomic E-state index is 11.3. The number of aromatic amines is 1. The quantitative estimate of drug-likeness (QED) is 0.714. The topological polar surface area (TPSA) is 93.0 Å². The lowest BCUT2D eigenvalue weighted by atomic mass is 10.1. The number of carbonyl (C=O) groups excluding carboxylic acids is 1. The number of aromatic nitrogens is 2. The molecule has 1 aromatic carbocycles. The first-order chi connectivity index (χ1) is 8.00. The minimum absolute atomic E-state index is 0.228. The first kappa shape index (κ1) is 11.1. The SMILES string of the molecule is Cc1ccc(-[n+]2[nH]oc(=O)c2C(N)=O)cc1C. The van der Waals surface area contributed by atoms with Crippen molar-refractivity contribution in [2.45, 2.75) is 13.8 Å². The summed E-state index contributed by atoms with van der Waals surface area (Å²) in [5.41, 5.74) is 6.88. The van der Waals surface area contributed by atoms with E-state index in [-0.39, 0.29) is 5.69 Å². The van der Waals surface area contributed by atoms with Gasteiger partial charge in [0.2, 0.25) is 5.69 Å². The summed E-state index contributed by atoms with van der Waals surface area (Å²) in [7, 11) is 0. The van der Waals surface area contributed by atoms with Crippen LogP contribution in [0.25, 0.3) is 5.69 Å². The van der Waals surface area contributed by atoms with Gasteiger partial charge in [-0.15, -0.1) is 0 Å². The number of amides is 1. The van der Waals surface area contributed by atoms with Gasteiger partial charge in [0, 0.05) is 12.1 Å². The van der Waals surface area contributed by atoms with Crippen molar-refractivity contribution in [1.82, 2.24) is 5.27 Å². The molecule has 0 unspecified atom stereocenters. The molecule has 0 bridgehead atoms. The average molecular weight is 234 g/mol. The lowest BCUT2D eigenvalue weighted by Crippen LogP contribution is -2.43. The highest BCUT2D eigenvalue weighted by Crippen LogP contribution is 2.09. The van der Waals surface area contributed by atoms with Crippen LogP contribution in [0.5, 0.6) is 0 Å². The van der Waals surface area contributed by atoms with Crippen LogP contribution in [0, 0.1) is 13.8 Å². The molecule has 0 atom stereocenters. The summed E-state index contributed by atoms with van der Waals surface area (Å²) in [5.74, 6) is -0.835. The van der Waals surface area contributed by atoms with Gasteiger partial charge in [0.15, 0.2) is 0 Å². The highest BCUT2D eigenvalue weighted by atomic mass is 16.5. The summed E-state index contributed by atoms with van der Waals surface area (Å²) in [4.78, 5) is 22.4. The predicted octanol–water partition coefficient (Wildman–Crippen LogP) is -0.0397. The molecule has 0 saturated heterocycles. The highest BCUT2D eigenvalue weighted by Gasteiger charge is 2.28. The molecule has 0 aliphatic carbocycles. The van der Waals surface area contributed by atoms with Crippen LogP contribution in [-0.2, 0) is 0 Å². The van der Waals surface area contributed by atoms with E-state index in [0.717, 1.165) is 11.1 Å². The third-order valence-electron chi connectivity index (χ3n) is 2.63. The third-order valence-corrected chi connectivity index (χ3v) is 2.63. The van der Waals surface area contributed by atoms with Crippen LogP contribution in [0.3, 0.4) is 0 Å². The molecule has 0 aliphatic rings. The fourth-order valence-electron chi connectivity index (χ4n) is 1.53. The van der Waals surface area contributed by atoms with Crippen LogP contribution in [0.15, 0.2) is 27.5 Å². The zero-order chi connectivity index (χ0) is 12.6. The highest BCUT2D eigenvalue weighted by molar-refractivity contribution is 5.88. The van der Waals surface area contributed by atoms with Gasteiger partial charge in [0.25, 0.3) is 0 Å². The van der Waals surface area contributed by atoms with Crippen molar-refractivity contribution < 1.29 is 14.0 Å². The molecule has 0 aliphatic heterocycles. The monoisotopic (exact) mass is 234 g/mol. The molecule has 3 N–H and O–H groups in total. The second kappa shape index (κ2) is 3.89. The zero-order valence-corrected chi connectivity index (χ0v) is 9.48. The Kier molecular flexibility index (Phi) is 2.55. The molecule has 6 heteroatoms. The van der Waals surface area contributed by atoms with E-state index < -0.39 is 11.5 Å². The molecule has 0 fully saturated rings. The number of nitrogens with zero attached hydrogens (tertiary/aromatic N) is 1. The molecular weight excluding hydrogens is 222 g/mol. The second-order valence-corrected chi connectivity index (χ2v) is 3.80. The molecule has 6 nitrogen and oxygen atoms in total. The van der Waals surface area contributed by atoms with Gasteiger partial charge in [-0.1, -0.05) is 6.07 Å². The summed E-state index contributed by atoms with van der Waals surface area (Å²) in [6, 6.07) is 5.47. The fraction of sp³-hybridized carbons (Fsp3) is 0.182.